The Balaban J connectivity index is 2.00. The number of carbonyl (C=O) groups is 1. The van der Waals surface area contributed by atoms with Gasteiger partial charge >= 0.3 is 5.69 Å². The number of pyridine rings is 1. The molecule has 0 aliphatic rings. The fraction of sp³-hybridized carbons (Fsp3) is 0.222. The van der Waals surface area contributed by atoms with Crippen LogP contribution in [0, 0.1) is 0 Å². The summed E-state index contributed by atoms with van der Waals surface area (Å²) in [7, 11) is 4.56. The maximum Gasteiger partial charge on any atom is 0.332 e. The molecule has 7 nitrogen and oxygen atoms in total. The molecule has 0 bridgehead atoms. The van der Waals surface area contributed by atoms with E-state index in [1.165, 1.54) is 35.7 Å². The van der Waals surface area contributed by atoms with Crippen LogP contribution in [0.1, 0.15) is 16.1 Å². The fourth-order valence-electron chi connectivity index (χ4n) is 2.72. The van der Waals surface area contributed by atoms with E-state index in [1.54, 1.807) is 13.1 Å². The molecular weight excluding hydrogens is 356 g/mol. The molecular formula is C18H17ClN4O3. The van der Waals surface area contributed by atoms with E-state index in [0.29, 0.717) is 11.6 Å². The Morgan fingerprint density at radius 2 is 1.81 bits per heavy atom. The molecule has 0 fully saturated rings. The Morgan fingerprint density at radius 1 is 1.12 bits per heavy atom. The smallest absolute Gasteiger partial charge is 0.332 e. The minimum Gasteiger partial charge on any atom is -0.336 e. The molecule has 1 amide bonds. The number of rotatable bonds is 3. The number of halogens is 1. The fourth-order valence-corrected chi connectivity index (χ4v) is 2.92. The van der Waals surface area contributed by atoms with Gasteiger partial charge in [0.1, 0.15) is 11.3 Å². The van der Waals surface area contributed by atoms with E-state index >= 15 is 0 Å². The van der Waals surface area contributed by atoms with Crippen LogP contribution in [-0.4, -0.2) is 32.0 Å². The highest BCUT2D eigenvalue weighted by Crippen LogP contribution is 2.17. The Morgan fingerprint density at radius 3 is 2.50 bits per heavy atom. The second-order valence-corrected chi connectivity index (χ2v) is 6.43. The van der Waals surface area contributed by atoms with Gasteiger partial charge in [-0.3, -0.25) is 18.7 Å². The molecule has 0 saturated heterocycles. The molecule has 0 saturated carbocycles. The number of amides is 1. The summed E-state index contributed by atoms with van der Waals surface area (Å²) in [5, 5.41) is 0.851. The SMILES string of the molecule is CN(Cc1ccccc1Cl)C(=O)c1ccc2c(=O)n(C)c(=O)n(C)c2n1. The first-order valence-electron chi connectivity index (χ1n) is 7.87. The molecule has 0 atom stereocenters. The first-order valence-corrected chi connectivity index (χ1v) is 8.24. The predicted octanol–water partition coefficient (Wildman–Crippen LogP) is 1.56. The molecule has 3 aromatic rings. The van der Waals surface area contributed by atoms with Crippen LogP contribution in [0.15, 0.2) is 46.0 Å². The Labute approximate surface area is 154 Å². The van der Waals surface area contributed by atoms with Crippen LogP contribution in [0.4, 0.5) is 0 Å². The lowest BCUT2D eigenvalue weighted by atomic mass is 10.2. The summed E-state index contributed by atoms with van der Waals surface area (Å²) in [6, 6.07) is 10.3. The van der Waals surface area contributed by atoms with E-state index in [1.807, 2.05) is 18.2 Å². The first-order chi connectivity index (χ1) is 12.3. The number of benzene rings is 1. The van der Waals surface area contributed by atoms with Crippen molar-refractivity contribution in [3.8, 4) is 0 Å². The molecule has 0 radical (unpaired) electrons. The number of fused-ring (bicyclic) bond motifs is 1. The van der Waals surface area contributed by atoms with Gasteiger partial charge < -0.3 is 4.90 Å². The van der Waals surface area contributed by atoms with Gasteiger partial charge in [-0.1, -0.05) is 29.8 Å². The van der Waals surface area contributed by atoms with Crippen LogP contribution >= 0.6 is 11.6 Å². The zero-order valence-corrected chi connectivity index (χ0v) is 15.3. The predicted molar refractivity (Wildman–Crippen MR) is 99.5 cm³/mol. The Hall–Kier alpha value is -2.93. The number of hydrogen-bond donors (Lipinski definition) is 0. The second-order valence-electron chi connectivity index (χ2n) is 6.03. The molecule has 0 aliphatic heterocycles. The van der Waals surface area contributed by atoms with Gasteiger partial charge in [0, 0.05) is 32.7 Å². The highest BCUT2D eigenvalue weighted by Gasteiger charge is 2.17. The van der Waals surface area contributed by atoms with E-state index in [2.05, 4.69) is 4.98 Å². The van der Waals surface area contributed by atoms with E-state index in [9.17, 15) is 14.4 Å². The van der Waals surface area contributed by atoms with E-state index in [0.717, 1.165) is 10.1 Å². The average molecular weight is 373 g/mol. The van der Waals surface area contributed by atoms with Crippen molar-refractivity contribution < 1.29 is 4.79 Å². The summed E-state index contributed by atoms with van der Waals surface area (Å²) in [6.07, 6.45) is 0. The normalized spacial score (nSPS) is 10.9. The molecule has 0 spiro atoms. The van der Waals surface area contributed by atoms with Crippen molar-refractivity contribution in [2.24, 2.45) is 14.1 Å². The van der Waals surface area contributed by atoms with Crippen LogP contribution in [0.2, 0.25) is 5.02 Å². The monoisotopic (exact) mass is 372 g/mol. The van der Waals surface area contributed by atoms with Crippen LogP contribution in [0.25, 0.3) is 11.0 Å². The van der Waals surface area contributed by atoms with Gasteiger partial charge in [0.2, 0.25) is 0 Å². The van der Waals surface area contributed by atoms with E-state index < -0.39 is 11.2 Å². The van der Waals surface area contributed by atoms with Crippen molar-refractivity contribution in [1.82, 2.24) is 19.0 Å². The van der Waals surface area contributed by atoms with Gasteiger partial charge in [-0.05, 0) is 23.8 Å². The molecule has 134 valence electrons. The summed E-state index contributed by atoms with van der Waals surface area (Å²) in [5.41, 5.74) is 0.195. The molecule has 2 aromatic heterocycles. The maximum atomic E-state index is 12.7. The Kier molecular flexibility index (Phi) is 4.65. The van der Waals surface area contributed by atoms with Gasteiger partial charge in [-0.15, -0.1) is 0 Å². The second kappa shape index (κ2) is 6.76. The van der Waals surface area contributed by atoms with Crippen LogP contribution in [0.5, 0.6) is 0 Å². The third-order valence-corrected chi connectivity index (χ3v) is 4.60. The van der Waals surface area contributed by atoms with Gasteiger partial charge in [0.15, 0.2) is 0 Å². The quantitative estimate of drug-likeness (QED) is 0.699. The largest absolute Gasteiger partial charge is 0.336 e. The summed E-state index contributed by atoms with van der Waals surface area (Å²) in [4.78, 5) is 42.7. The molecule has 0 unspecified atom stereocenters. The lowest BCUT2D eigenvalue weighted by molar-refractivity contribution is 0.0779. The molecule has 2 heterocycles. The number of aryl methyl sites for hydroxylation is 1. The summed E-state index contributed by atoms with van der Waals surface area (Å²) in [5.74, 6) is -0.333. The highest BCUT2D eigenvalue weighted by atomic mass is 35.5. The lowest BCUT2D eigenvalue weighted by Crippen LogP contribution is -2.37. The van der Waals surface area contributed by atoms with E-state index in [-0.39, 0.29) is 22.6 Å². The van der Waals surface area contributed by atoms with Crippen LogP contribution < -0.4 is 11.2 Å². The summed E-state index contributed by atoms with van der Waals surface area (Å²) in [6.45, 7) is 0.313. The molecule has 0 aliphatic carbocycles. The number of aromatic nitrogens is 3. The zero-order chi connectivity index (χ0) is 19.0. The Bertz CT molecular complexity index is 1130. The van der Waals surface area contributed by atoms with Crippen LogP contribution in [0.3, 0.4) is 0 Å². The number of carbonyl (C=O) groups excluding carboxylic acids is 1. The minimum atomic E-state index is -0.496. The average Bonchev–Trinajstić information content (AvgIpc) is 2.65. The van der Waals surface area contributed by atoms with Crippen molar-refractivity contribution in [2.75, 3.05) is 7.05 Å². The van der Waals surface area contributed by atoms with Crippen LogP contribution in [-0.2, 0) is 20.6 Å². The number of hydrogen-bond acceptors (Lipinski definition) is 4. The lowest BCUT2D eigenvalue weighted by Gasteiger charge is -2.18. The zero-order valence-electron chi connectivity index (χ0n) is 14.6. The van der Waals surface area contributed by atoms with Crippen molar-refractivity contribution in [1.29, 1.82) is 0 Å². The molecule has 0 N–H and O–H groups in total. The highest BCUT2D eigenvalue weighted by molar-refractivity contribution is 6.31. The van der Waals surface area contributed by atoms with Crippen molar-refractivity contribution >= 4 is 28.5 Å². The van der Waals surface area contributed by atoms with Crippen molar-refractivity contribution in [3.63, 3.8) is 0 Å². The first kappa shape index (κ1) is 17.9. The standard InChI is InChI=1S/C18H17ClN4O3/c1-21(10-11-6-4-5-7-13(11)19)17(25)14-9-8-12-15(20-14)22(2)18(26)23(3)16(12)24/h4-9H,10H2,1-3H3. The minimum absolute atomic E-state index is 0.148. The summed E-state index contributed by atoms with van der Waals surface area (Å²) >= 11 is 6.14. The summed E-state index contributed by atoms with van der Waals surface area (Å²) < 4.78 is 2.26. The number of nitrogens with zero attached hydrogens (tertiary/aromatic N) is 4. The molecule has 1 aromatic carbocycles. The van der Waals surface area contributed by atoms with E-state index in [4.69, 9.17) is 11.6 Å². The third kappa shape index (κ3) is 3.01. The van der Waals surface area contributed by atoms with Gasteiger partial charge in [0.25, 0.3) is 11.5 Å². The molecule has 3 rings (SSSR count). The van der Waals surface area contributed by atoms with Gasteiger partial charge in [-0.25, -0.2) is 9.78 Å². The van der Waals surface area contributed by atoms with Crippen molar-refractivity contribution in [2.45, 2.75) is 6.54 Å². The van der Waals surface area contributed by atoms with Gasteiger partial charge in [0.05, 0.1) is 5.39 Å². The third-order valence-electron chi connectivity index (χ3n) is 4.23. The topological polar surface area (TPSA) is 77.2 Å². The maximum absolute atomic E-state index is 12.7. The molecule has 26 heavy (non-hydrogen) atoms. The van der Waals surface area contributed by atoms with Crippen molar-refractivity contribution in [3.05, 3.63) is 73.5 Å². The molecule has 8 heteroatoms. The van der Waals surface area contributed by atoms with Gasteiger partial charge in [-0.2, -0.15) is 0 Å².